The highest BCUT2D eigenvalue weighted by Crippen LogP contribution is 2.62. The molecule has 2 saturated carbocycles. The molecule has 0 spiro atoms. The molecular weight excluding hydrogens is 164 g/mol. The number of allylic oxidation sites excluding steroid dienone is 1. The molecule has 72 valence electrons. The maximum Gasteiger partial charge on any atom is 0.310 e. The molecule has 0 aromatic carbocycles. The van der Waals surface area contributed by atoms with E-state index in [0.717, 1.165) is 12.8 Å². The first kappa shape index (κ1) is 8.79. The van der Waals surface area contributed by atoms with E-state index in [1.54, 1.807) is 6.08 Å². The Morgan fingerprint density at radius 2 is 2.15 bits per heavy atom. The van der Waals surface area contributed by atoms with Gasteiger partial charge in [-0.2, -0.15) is 0 Å². The average molecular weight is 180 g/mol. The predicted molar refractivity (Wildman–Crippen MR) is 50.3 cm³/mol. The largest absolute Gasteiger partial charge is 0.481 e. The van der Waals surface area contributed by atoms with Crippen LogP contribution in [0.5, 0.6) is 0 Å². The summed E-state index contributed by atoms with van der Waals surface area (Å²) in [6.45, 7) is 5.69. The minimum absolute atomic E-state index is 0.109. The van der Waals surface area contributed by atoms with Crippen molar-refractivity contribution in [3.63, 3.8) is 0 Å². The van der Waals surface area contributed by atoms with Gasteiger partial charge in [-0.15, -0.1) is 6.58 Å². The molecule has 0 aromatic heterocycles. The van der Waals surface area contributed by atoms with Crippen molar-refractivity contribution < 1.29 is 9.90 Å². The lowest BCUT2D eigenvalue weighted by atomic mass is 9.72. The van der Waals surface area contributed by atoms with E-state index in [9.17, 15) is 9.90 Å². The Kier molecular flexibility index (Phi) is 1.76. The summed E-state index contributed by atoms with van der Waals surface area (Å²) < 4.78 is 0. The van der Waals surface area contributed by atoms with Gasteiger partial charge in [-0.05, 0) is 37.0 Å². The number of rotatable bonds is 3. The first-order valence-electron chi connectivity index (χ1n) is 4.96. The van der Waals surface area contributed by atoms with Crippen LogP contribution < -0.4 is 0 Å². The fourth-order valence-electron chi connectivity index (χ4n) is 2.80. The molecule has 0 heterocycles. The second-order valence-corrected chi connectivity index (χ2v) is 4.65. The van der Waals surface area contributed by atoms with E-state index in [-0.39, 0.29) is 5.92 Å². The normalized spacial score (nSPS) is 43.8. The molecule has 3 atom stereocenters. The van der Waals surface area contributed by atoms with Crippen molar-refractivity contribution in [2.75, 3.05) is 0 Å². The minimum Gasteiger partial charge on any atom is -0.481 e. The van der Waals surface area contributed by atoms with Crippen LogP contribution in [0.1, 0.15) is 26.2 Å². The molecule has 0 aliphatic heterocycles. The maximum atomic E-state index is 11.2. The smallest absolute Gasteiger partial charge is 0.310 e. The van der Waals surface area contributed by atoms with E-state index < -0.39 is 11.4 Å². The van der Waals surface area contributed by atoms with Crippen LogP contribution in [0.3, 0.4) is 0 Å². The van der Waals surface area contributed by atoms with Crippen LogP contribution in [0.15, 0.2) is 12.7 Å². The van der Waals surface area contributed by atoms with Gasteiger partial charge in [0.25, 0.3) is 0 Å². The monoisotopic (exact) mass is 180 g/mol. The van der Waals surface area contributed by atoms with Gasteiger partial charge in [0.05, 0.1) is 5.41 Å². The second kappa shape index (κ2) is 2.60. The van der Waals surface area contributed by atoms with Gasteiger partial charge < -0.3 is 5.11 Å². The number of hydrogen-bond donors (Lipinski definition) is 1. The Morgan fingerprint density at radius 1 is 1.62 bits per heavy atom. The predicted octanol–water partition coefficient (Wildman–Crippen LogP) is 2.31. The molecule has 0 bridgehead atoms. The van der Waals surface area contributed by atoms with Crippen LogP contribution in [0.4, 0.5) is 0 Å². The minimum atomic E-state index is -0.618. The SMILES string of the molecule is C=CC(C)C1(C(=O)O)CC2CC2C1. The topological polar surface area (TPSA) is 37.3 Å². The van der Waals surface area contributed by atoms with E-state index in [0.29, 0.717) is 11.8 Å². The summed E-state index contributed by atoms with van der Waals surface area (Å²) in [5.74, 6) is 0.905. The van der Waals surface area contributed by atoms with Gasteiger partial charge >= 0.3 is 5.97 Å². The van der Waals surface area contributed by atoms with E-state index in [1.807, 2.05) is 6.92 Å². The molecule has 2 rings (SSSR count). The molecule has 2 fully saturated rings. The molecule has 2 aliphatic carbocycles. The Balaban J connectivity index is 2.21. The summed E-state index contributed by atoms with van der Waals surface area (Å²) in [7, 11) is 0. The van der Waals surface area contributed by atoms with Crippen LogP contribution >= 0.6 is 0 Å². The number of carbonyl (C=O) groups is 1. The zero-order chi connectivity index (χ0) is 9.64. The van der Waals surface area contributed by atoms with Gasteiger partial charge in [-0.1, -0.05) is 13.0 Å². The highest BCUT2D eigenvalue weighted by Gasteiger charge is 2.59. The summed E-state index contributed by atoms with van der Waals surface area (Å²) >= 11 is 0. The molecule has 3 unspecified atom stereocenters. The Hall–Kier alpha value is -0.790. The van der Waals surface area contributed by atoms with Gasteiger partial charge in [-0.25, -0.2) is 0 Å². The number of hydrogen-bond acceptors (Lipinski definition) is 1. The molecular formula is C11H16O2. The quantitative estimate of drug-likeness (QED) is 0.677. The number of fused-ring (bicyclic) bond motifs is 1. The molecule has 0 saturated heterocycles. The maximum absolute atomic E-state index is 11.2. The third kappa shape index (κ3) is 1.11. The summed E-state index contributed by atoms with van der Waals surface area (Å²) in [5.41, 5.74) is -0.477. The number of carboxylic acids is 1. The van der Waals surface area contributed by atoms with Crippen molar-refractivity contribution >= 4 is 5.97 Å². The molecule has 2 nitrogen and oxygen atoms in total. The number of carboxylic acid groups (broad SMARTS) is 1. The molecule has 1 N–H and O–H groups in total. The van der Waals surface area contributed by atoms with Gasteiger partial charge in [-0.3, -0.25) is 4.79 Å². The first-order chi connectivity index (χ1) is 6.10. The zero-order valence-electron chi connectivity index (χ0n) is 7.99. The highest BCUT2D eigenvalue weighted by atomic mass is 16.4. The van der Waals surface area contributed by atoms with Crippen molar-refractivity contribution in [2.45, 2.75) is 26.2 Å². The highest BCUT2D eigenvalue weighted by molar-refractivity contribution is 5.76. The lowest BCUT2D eigenvalue weighted by Crippen LogP contribution is -2.35. The van der Waals surface area contributed by atoms with Crippen molar-refractivity contribution in [3.8, 4) is 0 Å². The third-order valence-corrected chi connectivity index (χ3v) is 3.97. The van der Waals surface area contributed by atoms with E-state index in [4.69, 9.17) is 0 Å². The molecule has 2 heteroatoms. The summed E-state index contributed by atoms with van der Waals surface area (Å²) in [4.78, 5) is 11.2. The Morgan fingerprint density at radius 3 is 2.54 bits per heavy atom. The van der Waals surface area contributed by atoms with Crippen LogP contribution in [-0.2, 0) is 4.79 Å². The first-order valence-corrected chi connectivity index (χ1v) is 4.96. The molecule has 0 aromatic rings. The second-order valence-electron chi connectivity index (χ2n) is 4.65. The summed E-state index contributed by atoms with van der Waals surface area (Å²) in [6.07, 6.45) is 4.80. The van der Waals surface area contributed by atoms with Crippen molar-refractivity contribution in [3.05, 3.63) is 12.7 Å². The average Bonchev–Trinajstić information content (AvgIpc) is 2.72. The third-order valence-electron chi connectivity index (χ3n) is 3.97. The van der Waals surface area contributed by atoms with E-state index >= 15 is 0 Å². The van der Waals surface area contributed by atoms with Crippen LogP contribution in [-0.4, -0.2) is 11.1 Å². The molecule has 0 amide bonds. The van der Waals surface area contributed by atoms with Crippen molar-refractivity contribution in [2.24, 2.45) is 23.2 Å². The summed E-state index contributed by atoms with van der Waals surface area (Å²) in [6, 6.07) is 0. The van der Waals surface area contributed by atoms with Crippen LogP contribution in [0, 0.1) is 23.2 Å². The lowest BCUT2D eigenvalue weighted by molar-refractivity contribution is -0.151. The van der Waals surface area contributed by atoms with Crippen molar-refractivity contribution in [1.29, 1.82) is 0 Å². The van der Waals surface area contributed by atoms with Crippen LogP contribution in [0.2, 0.25) is 0 Å². The van der Waals surface area contributed by atoms with E-state index in [2.05, 4.69) is 6.58 Å². The van der Waals surface area contributed by atoms with Crippen molar-refractivity contribution in [1.82, 2.24) is 0 Å². The molecule has 13 heavy (non-hydrogen) atoms. The van der Waals surface area contributed by atoms with Gasteiger partial charge in [0.1, 0.15) is 0 Å². The van der Waals surface area contributed by atoms with Gasteiger partial charge in [0.2, 0.25) is 0 Å². The van der Waals surface area contributed by atoms with Gasteiger partial charge in [0.15, 0.2) is 0 Å². The molecule has 0 radical (unpaired) electrons. The van der Waals surface area contributed by atoms with E-state index in [1.165, 1.54) is 6.42 Å². The Labute approximate surface area is 78.6 Å². The Bertz CT molecular complexity index is 247. The number of aliphatic carboxylic acids is 1. The van der Waals surface area contributed by atoms with Crippen LogP contribution in [0.25, 0.3) is 0 Å². The lowest BCUT2D eigenvalue weighted by Gasteiger charge is -2.30. The fraction of sp³-hybridized carbons (Fsp3) is 0.727. The molecule has 2 aliphatic rings. The van der Waals surface area contributed by atoms with Gasteiger partial charge in [0, 0.05) is 0 Å². The summed E-state index contributed by atoms with van der Waals surface area (Å²) in [5, 5.41) is 9.26. The standard InChI is InChI=1S/C11H16O2/c1-3-7(2)11(10(12)13)5-8-4-9(8)6-11/h3,7-9H,1,4-6H2,2H3,(H,12,13). The fourth-order valence-corrected chi connectivity index (χ4v) is 2.80. The zero-order valence-corrected chi connectivity index (χ0v) is 7.99.